The van der Waals surface area contributed by atoms with E-state index in [1.165, 1.54) is 42.5 Å². The second-order valence-electron chi connectivity index (χ2n) is 3.91. The van der Waals surface area contributed by atoms with Crippen molar-refractivity contribution in [1.82, 2.24) is 0 Å². The van der Waals surface area contributed by atoms with Crippen molar-refractivity contribution in [2.24, 2.45) is 0 Å². The maximum Gasteiger partial charge on any atom is 0.261 e. The van der Waals surface area contributed by atoms with E-state index in [4.69, 9.17) is 16.9 Å². The zero-order valence-electron chi connectivity index (χ0n) is 10.0. The topological polar surface area (TPSA) is 90.2 Å². The largest absolute Gasteiger partial charge is 0.508 e. The highest BCUT2D eigenvalue weighted by molar-refractivity contribution is 7.92. The SMILES string of the molecule is N#Cc1ccc(S(=O)(=O)Nc2cccc(O)c2)cc1Cl. The summed E-state index contributed by atoms with van der Waals surface area (Å²) in [4.78, 5) is -0.0650. The molecule has 0 fully saturated rings. The average molecular weight is 309 g/mol. The number of nitrogens with zero attached hydrogens (tertiary/aromatic N) is 1. The third kappa shape index (κ3) is 3.02. The van der Waals surface area contributed by atoms with Crippen LogP contribution in [0, 0.1) is 11.3 Å². The normalized spacial score (nSPS) is 10.8. The fraction of sp³-hybridized carbons (Fsp3) is 0. The summed E-state index contributed by atoms with van der Waals surface area (Å²) in [6, 6.07) is 11.4. The molecule has 7 heteroatoms. The van der Waals surface area contributed by atoms with Crippen molar-refractivity contribution in [1.29, 1.82) is 5.26 Å². The molecule has 0 saturated carbocycles. The lowest BCUT2D eigenvalue weighted by Gasteiger charge is -2.09. The van der Waals surface area contributed by atoms with Gasteiger partial charge in [0.1, 0.15) is 11.8 Å². The van der Waals surface area contributed by atoms with Crippen LogP contribution in [0.25, 0.3) is 0 Å². The maximum atomic E-state index is 12.1. The van der Waals surface area contributed by atoms with E-state index in [1.54, 1.807) is 0 Å². The molecular formula is C13H9ClN2O3S. The van der Waals surface area contributed by atoms with Crippen LogP contribution in [0.2, 0.25) is 5.02 Å². The van der Waals surface area contributed by atoms with E-state index in [-0.39, 0.29) is 26.9 Å². The Labute approximate surface area is 121 Å². The number of sulfonamides is 1. The molecule has 5 nitrogen and oxygen atoms in total. The third-order valence-corrected chi connectivity index (χ3v) is 4.16. The minimum atomic E-state index is -3.83. The number of phenolic OH excluding ortho intramolecular Hbond substituents is 1. The standard InChI is InChI=1S/C13H9ClN2O3S/c14-13-7-12(5-4-9(13)8-15)20(18,19)16-10-2-1-3-11(17)6-10/h1-7,16-17H. The van der Waals surface area contributed by atoms with Gasteiger partial charge in [0.15, 0.2) is 0 Å². The first-order chi connectivity index (χ1) is 9.42. The quantitative estimate of drug-likeness (QED) is 0.912. The first-order valence-electron chi connectivity index (χ1n) is 5.44. The highest BCUT2D eigenvalue weighted by Crippen LogP contribution is 2.23. The third-order valence-electron chi connectivity index (χ3n) is 2.47. The second kappa shape index (κ2) is 5.41. The Kier molecular flexibility index (Phi) is 3.84. The lowest BCUT2D eigenvalue weighted by atomic mass is 10.2. The molecular weight excluding hydrogens is 300 g/mol. The number of hydrogen-bond donors (Lipinski definition) is 2. The Bertz CT molecular complexity index is 798. The van der Waals surface area contributed by atoms with Crippen molar-refractivity contribution in [3.05, 3.63) is 53.1 Å². The number of nitriles is 1. The molecule has 2 aromatic carbocycles. The molecule has 0 unspecified atom stereocenters. The van der Waals surface area contributed by atoms with E-state index in [0.29, 0.717) is 0 Å². The van der Waals surface area contributed by atoms with Crippen molar-refractivity contribution in [2.45, 2.75) is 4.90 Å². The van der Waals surface area contributed by atoms with Crippen LogP contribution in [0.15, 0.2) is 47.4 Å². The lowest BCUT2D eigenvalue weighted by Crippen LogP contribution is -2.12. The van der Waals surface area contributed by atoms with E-state index in [2.05, 4.69) is 4.72 Å². The van der Waals surface area contributed by atoms with E-state index >= 15 is 0 Å². The van der Waals surface area contributed by atoms with Crippen molar-refractivity contribution < 1.29 is 13.5 Å². The first-order valence-corrected chi connectivity index (χ1v) is 7.30. The molecule has 0 saturated heterocycles. The summed E-state index contributed by atoms with van der Waals surface area (Å²) >= 11 is 5.81. The first kappa shape index (κ1) is 14.2. The lowest BCUT2D eigenvalue weighted by molar-refractivity contribution is 0.475. The Morgan fingerprint density at radius 2 is 1.95 bits per heavy atom. The van der Waals surface area contributed by atoms with Crippen molar-refractivity contribution in [3.8, 4) is 11.8 Å². The minimum Gasteiger partial charge on any atom is -0.508 e. The van der Waals surface area contributed by atoms with Crippen LogP contribution in [-0.2, 0) is 10.0 Å². The molecule has 0 amide bonds. The Hall–Kier alpha value is -2.23. The molecule has 0 bridgehead atoms. The number of hydrogen-bond acceptors (Lipinski definition) is 4. The summed E-state index contributed by atoms with van der Waals surface area (Å²) in [5, 5.41) is 18.1. The van der Waals surface area contributed by atoms with Gasteiger partial charge in [-0.15, -0.1) is 0 Å². The van der Waals surface area contributed by atoms with Gasteiger partial charge in [0.25, 0.3) is 10.0 Å². The van der Waals surface area contributed by atoms with Crippen LogP contribution in [0.3, 0.4) is 0 Å². The minimum absolute atomic E-state index is 0.0527. The molecule has 20 heavy (non-hydrogen) atoms. The van der Waals surface area contributed by atoms with Crippen LogP contribution in [0.5, 0.6) is 5.75 Å². The van der Waals surface area contributed by atoms with Gasteiger partial charge >= 0.3 is 0 Å². The molecule has 0 spiro atoms. The molecule has 0 aliphatic heterocycles. The molecule has 0 aliphatic rings. The number of anilines is 1. The summed E-state index contributed by atoms with van der Waals surface area (Å²) in [5.41, 5.74) is 0.424. The number of nitrogens with one attached hydrogen (secondary N) is 1. The monoisotopic (exact) mass is 308 g/mol. The van der Waals surface area contributed by atoms with Gasteiger partial charge in [0.05, 0.1) is 21.2 Å². The number of benzene rings is 2. The van der Waals surface area contributed by atoms with E-state index in [0.717, 1.165) is 0 Å². The fourth-order valence-corrected chi connectivity index (χ4v) is 2.90. The highest BCUT2D eigenvalue weighted by atomic mass is 35.5. The highest BCUT2D eigenvalue weighted by Gasteiger charge is 2.16. The molecule has 102 valence electrons. The van der Waals surface area contributed by atoms with Gasteiger partial charge in [-0.2, -0.15) is 5.26 Å². The summed E-state index contributed by atoms with van der Waals surface area (Å²) in [5.74, 6) is -0.0527. The van der Waals surface area contributed by atoms with Gasteiger partial charge in [-0.1, -0.05) is 17.7 Å². The van der Waals surface area contributed by atoms with Crippen molar-refractivity contribution in [2.75, 3.05) is 4.72 Å². The van der Waals surface area contributed by atoms with E-state index in [1.807, 2.05) is 6.07 Å². The average Bonchev–Trinajstić information content (AvgIpc) is 2.38. The second-order valence-corrected chi connectivity index (χ2v) is 6.00. The number of phenols is 1. The van der Waals surface area contributed by atoms with Crippen molar-refractivity contribution >= 4 is 27.3 Å². The van der Waals surface area contributed by atoms with Crippen LogP contribution < -0.4 is 4.72 Å². The molecule has 0 aliphatic carbocycles. The zero-order chi connectivity index (χ0) is 14.8. The molecule has 0 heterocycles. The zero-order valence-corrected chi connectivity index (χ0v) is 11.6. The van der Waals surface area contributed by atoms with Gasteiger partial charge < -0.3 is 5.11 Å². The van der Waals surface area contributed by atoms with Crippen molar-refractivity contribution in [3.63, 3.8) is 0 Å². The summed E-state index contributed by atoms with van der Waals surface area (Å²) in [6.45, 7) is 0. The number of halogens is 1. The smallest absolute Gasteiger partial charge is 0.261 e. The molecule has 0 aromatic heterocycles. The predicted molar refractivity (Wildman–Crippen MR) is 75.1 cm³/mol. The summed E-state index contributed by atoms with van der Waals surface area (Å²) in [7, 11) is -3.83. The maximum absolute atomic E-state index is 12.1. The van der Waals surface area contributed by atoms with Crippen LogP contribution in [-0.4, -0.2) is 13.5 Å². The Morgan fingerprint density at radius 1 is 1.20 bits per heavy atom. The number of aromatic hydroxyl groups is 1. The van der Waals surface area contributed by atoms with Gasteiger partial charge in [-0.3, -0.25) is 4.72 Å². The molecule has 0 radical (unpaired) electrons. The Balaban J connectivity index is 2.36. The predicted octanol–water partition coefficient (Wildman–Crippen LogP) is 2.72. The van der Waals surface area contributed by atoms with Crippen LogP contribution in [0.4, 0.5) is 5.69 Å². The fourth-order valence-electron chi connectivity index (χ4n) is 1.54. The van der Waals surface area contributed by atoms with Gasteiger partial charge in [-0.05, 0) is 30.3 Å². The summed E-state index contributed by atoms with van der Waals surface area (Å²) in [6.07, 6.45) is 0. The van der Waals surface area contributed by atoms with Gasteiger partial charge in [0, 0.05) is 6.07 Å². The van der Waals surface area contributed by atoms with E-state index < -0.39 is 10.0 Å². The van der Waals surface area contributed by atoms with E-state index in [9.17, 15) is 13.5 Å². The molecule has 2 N–H and O–H groups in total. The molecule has 0 atom stereocenters. The van der Waals surface area contributed by atoms with Gasteiger partial charge in [-0.25, -0.2) is 8.42 Å². The van der Waals surface area contributed by atoms with Crippen LogP contribution in [0.1, 0.15) is 5.56 Å². The molecule has 2 rings (SSSR count). The number of rotatable bonds is 3. The van der Waals surface area contributed by atoms with Crippen LogP contribution >= 0.6 is 11.6 Å². The Morgan fingerprint density at radius 3 is 2.55 bits per heavy atom. The summed E-state index contributed by atoms with van der Waals surface area (Å²) < 4.78 is 26.6. The molecule has 2 aromatic rings. The van der Waals surface area contributed by atoms with Gasteiger partial charge in [0.2, 0.25) is 0 Å².